The summed E-state index contributed by atoms with van der Waals surface area (Å²) in [6.07, 6.45) is -5.37. The van der Waals surface area contributed by atoms with E-state index in [9.17, 15) is 18.3 Å². The van der Waals surface area contributed by atoms with E-state index in [1.54, 1.807) is 24.3 Å². The predicted octanol–water partition coefficient (Wildman–Crippen LogP) is 3.37. The van der Waals surface area contributed by atoms with Crippen molar-refractivity contribution >= 4 is 5.69 Å². The van der Waals surface area contributed by atoms with Gasteiger partial charge in [-0.05, 0) is 35.4 Å². The van der Waals surface area contributed by atoms with Crippen molar-refractivity contribution in [1.29, 1.82) is 0 Å². The maximum absolute atomic E-state index is 12.4. The summed E-state index contributed by atoms with van der Waals surface area (Å²) < 4.78 is 37.3. The van der Waals surface area contributed by atoms with Gasteiger partial charge in [0.05, 0.1) is 5.56 Å². The third-order valence-electron chi connectivity index (χ3n) is 2.78. The van der Waals surface area contributed by atoms with Crippen molar-refractivity contribution in [1.82, 2.24) is 0 Å². The van der Waals surface area contributed by atoms with Gasteiger partial charge in [0.15, 0.2) is 0 Å². The fourth-order valence-corrected chi connectivity index (χ4v) is 1.78. The summed E-state index contributed by atoms with van der Waals surface area (Å²) in [6, 6.07) is 11.0. The van der Waals surface area contributed by atoms with Crippen molar-refractivity contribution in [2.75, 3.05) is 5.73 Å². The molecule has 100 valence electrons. The molecule has 0 aliphatic heterocycles. The van der Waals surface area contributed by atoms with Gasteiger partial charge in [0.25, 0.3) is 0 Å². The number of aliphatic hydroxyl groups excluding tert-OH is 1. The highest BCUT2D eigenvalue weighted by atomic mass is 19.4. The largest absolute Gasteiger partial charge is 0.416 e. The van der Waals surface area contributed by atoms with E-state index in [4.69, 9.17) is 5.73 Å². The van der Waals surface area contributed by atoms with Gasteiger partial charge in [-0.2, -0.15) is 13.2 Å². The van der Waals surface area contributed by atoms with Gasteiger partial charge in [-0.25, -0.2) is 0 Å². The smallest absolute Gasteiger partial charge is 0.399 e. The molecule has 0 fully saturated rings. The average Bonchev–Trinajstić information content (AvgIpc) is 2.37. The van der Waals surface area contributed by atoms with E-state index in [-0.39, 0.29) is 0 Å². The summed E-state index contributed by atoms with van der Waals surface area (Å²) in [7, 11) is 0. The summed E-state index contributed by atoms with van der Waals surface area (Å²) >= 11 is 0. The van der Waals surface area contributed by atoms with Crippen LogP contribution in [0.1, 0.15) is 22.8 Å². The minimum absolute atomic E-state index is 0.388. The lowest BCUT2D eigenvalue weighted by molar-refractivity contribution is -0.137. The van der Waals surface area contributed by atoms with Crippen LogP contribution in [0.2, 0.25) is 0 Å². The molecule has 2 aromatic rings. The molecule has 0 amide bonds. The van der Waals surface area contributed by atoms with Crippen molar-refractivity contribution in [3.8, 4) is 0 Å². The van der Waals surface area contributed by atoms with E-state index in [0.29, 0.717) is 16.8 Å². The zero-order chi connectivity index (χ0) is 14.0. The molecule has 1 unspecified atom stereocenters. The number of rotatable bonds is 2. The van der Waals surface area contributed by atoms with Crippen LogP contribution < -0.4 is 5.73 Å². The first-order chi connectivity index (χ1) is 8.88. The highest BCUT2D eigenvalue weighted by molar-refractivity contribution is 5.43. The minimum atomic E-state index is -4.37. The summed E-state index contributed by atoms with van der Waals surface area (Å²) in [5, 5.41) is 10.1. The molecule has 0 saturated carbocycles. The molecule has 3 N–H and O–H groups in total. The molecule has 1 atom stereocenters. The lowest BCUT2D eigenvalue weighted by Gasteiger charge is -2.13. The van der Waals surface area contributed by atoms with Gasteiger partial charge in [-0.15, -0.1) is 0 Å². The molecule has 2 aromatic carbocycles. The topological polar surface area (TPSA) is 46.2 Å². The van der Waals surface area contributed by atoms with Crippen LogP contribution in [-0.4, -0.2) is 5.11 Å². The second kappa shape index (κ2) is 4.93. The van der Waals surface area contributed by atoms with Crippen LogP contribution in [0, 0.1) is 0 Å². The Bertz CT molecular complexity index is 564. The number of hydrogen-bond acceptors (Lipinski definition) is 2. The molecule has 0 aliphatic carbocycles. The van der Waals surface area contributed by atoms with Crippen molar-refractivity contribution in [2.24, 2.45) is 0 Å². The molecule has 0 aromatic heterocycles. The van der Waals surface area contributed by atoms with Gasteiger partial charge in [0.2, 0.25) is 0 Å². The van der Waals surface area contributed by atoms with Crippen molar-refractivity contribution in [2.45, 2.75) is 12.3 Å². The summed E-state index contributed by atoms with van der Waals surface area (Å²) in [6.45, 7) is 0. The van der Waals surface area contributed by atoms with Crippen LogP contribution in [0.5, 0.6) is 0 Å². The van der Waals surface area contributed by atoms with Gasteiger partial charge in [0, 0.05) is 5.69 Å². The molecular formula is C14H12F3NO. The number of hydrogen-bond donors (Lipinski definition) is 2. The predicted molar refractivity (Wildman–Crippen MR) is 66.4 cm³/mol. The number of benzene rings is 2. The lowest BCUT2D eigenvalue weighted by atomic mass is 10.00. The highest BCUT2D eigenvalue weighted by Gasteiger charge is 2.30. The van der Waals surface area contributed by atoms with Gasteiger partial charge in [-0.1, -0.05) is 24.3 Å². The fraction of sp³-hybridized carbons (Fsp3) is 0.143. The SMILES string of the molecule is Nc1cccc(C(O)c2ccc(C(F)(F)F)cc2)c1. The number of alkyl halides is 3. The van der Waals surface area contributed by atoms with Crippen LogP contribution in [0.15, 0.2) is 48.5 Å². The van der Waals surface area contributed by atoms with Crippen LogP contribution in [0.4, 0.5) is 18.9 Å². The molecule has 5 heteroatoms. The van der Waals surface area contributed by atoms with E-state index in [2.05, 4.69) is 0 Å². The second-order valence-electron chi connectivity index (χ2n) is 4.19. The van der Waals surface area contributed by atoms with Crippen LogP contribution in [0.3, 0.4) is 0 Å². The van der Waals surface area contributed by atoms with Crippen LogP contribution >= 0.6 is 0 Å². The Kier molecular flexibility index (Phi) is 3.48. The average molecular weight is 267 g/mol. The van der Waals surface area contributed by atoms with E-state index < -0.39 is 17.8 Å². The Balaban J connectivity index is 2.27. The number of aliphatic hydroxyl groups is 1. The molecule has 2 nitrogen and oxygen atoms in total. The van der Waals surface area contributed by atoms with Crippen molar-refractivity contribution in [3.05, 3.63) is 65.2 Å². The lowest BCUT2D eigenvalue weighted by Crippen LogP contribution is -2.06. The standard InChI is InChI=1S/C14H12F3NO/c15-14(16,17)11-6-4-9(5-7-11)13(19)10-2-1-3-12(18)8-10/h1-8,13,19H,18H2. The minimum Gasteiger partial charge on any atom is -0.399 e. The Morgan fingerprint density at radius 3 is 2.11 bits per heavy atom. The molecule has 0 spiro atoms. The zero-order valence-electron chi connectivity index (χ0n) is 9.85. The van der Waals surface area contributed by atoms with Gasteiger partial charge in [-0.3, -0.25) is 0 Å². The first kappa shape index (κ1) is 13.4. The maximum atomic E-state index is 12.4. The maximum Gasteiger partial charge on any atom is 0.416 e. The summed E-state index contributed by atoms with van der Waals surface area (Å²) in [4.78, 5) is 0. The number of anilines is 1. The van der Waals surface area contributed by atoms with Gasteiger partial charge >= 0.3 is 6.18 Å². The number of nitrogen functional groups attached to an aromatic ring is 1. The van der Waals surface area contributed by atoms with Crippen molar-refractivity contribution in [3.63, 3.8) is 0 Å². The van der Waals surface area contributed by atoms with Crippen LogP contribution in [-0.2, 0) is 6.18 Å². The second-order valence-corrected chi connectivity index (χ2v) is 4.19. The van der Waals surface area contributed by atoms with E-state index in [0.717, 1.165) is 12.1 Å². The van der Waals surface area contributed by atoms with Gasteiger partial charge in [0.1, 0.15) is 6.10 Å². The van der Waals surface area contributed by atoms with E-state index >= 15 is 0 Å². The first-order valence-electron chi connectivity index (χ1n) is 5.58. The van der Waals surface area contributed by atoms with E-state index in [1.807, 2.05) is 0 Å². The molecular weight excluding hydrogens is 255 g/mol. The Hall–Kier alpha value is -2.01. The van der Waals surface area contributed by atoms with Crippen molar-refractivity contribution < 1.29 is 18.3 Å². The van der Waals surface area contributed by atoms with Gasteiger partial charge < -0.3 is 10.8 Å². The summed E-state index contributed by atoms with van der Waals surface area (Å²) in [5.41, 5.74) is 6.27. The fourth-order valence-electron chi connectivity index (χ4n) is 1.78. The number of nitrogens with two attached hydrogens (primary N) is 1. The monoisotopic (exact) mass is 267 g/mol. The van der Waals surface area contributed by atoms with Crippen LogP contribution in [0.25, 0.3) is 0 Å². The van der Waals surface area contributed by atoms with E-state index in [1.165, 1.54) is 12.1 Å². The molecule has 0 radical (unpaired) electrons. The highest BCUT2D eigenvalue weighted by Crippen LogP contribution is 2.31. The zero-order valence-corrected chi connectivity index (χ0v) is 9.85. The summed E-state index contributed by atoms with van der Waals surface area (Å²) in [5.74, 6) is 0. The Morgan fingerprint density at radius 2 is 1.58 bits per heavy atom. The Morgan fingerprint density at radius 1 is 0.947 bits per heavy atom. The Labute approximate surface area is 108 Å². The molecule has 19 heavy (non-hydrogen) atoms. The third kappa shape index (κ3) is 3.06. The third-order valence-corrected chi connectivity index (χ3v) is 2.78. The molecule has 0 heterocycles. The molecule has 0 saturated heterocycles. The molecule has 0 aliphatic rings. The molecule has 0 bridgehead atoms. The molecule has 2 rings (SSSR count). The normalized spacial score (nSPS) is 13.3. The number of halogens is 3. The quantitative estimate of drug-likeness (QED) is 0.819. The first-order valence-corrected chi connectivity index (χ1v) is 5.58.